The van der Waals surface area contributed by atoms with Gasteiger partial charge in [-0.1, -0.05) is 311 Å². The molecule has 0 aliphatic carbocycles. The fourth-order valence-electron chi connectivity index (χ4n) is 15.9. The highest BCUT2D eigenvalue weighted by Gasteiger charge is 2.34. The van der Waals surface area contributed by atoms with Gasteiger partial charge in [-0.15, -0.1) is 0 Å². The highest BCUT2D eigenvalue weighted by molar-refractivity contribution is 5.95. The van der Waals surface area contributed by atoms with Gasteiger partial charge in [0.1, 0.15) is 0 Å². The number of nitrogens with one attached hydrogen (secondary N) is 1. The van der Waals surface area contributed by atoms with Gasteiger partial charge in [-0.2, -0.15) is 0 Å². The molecule has 0 spiro atoms. The average molecular weight is 1770 g/mol. The van der Waals surface area contributed by atoms with Crippen molar-refractivity contribution in [2.24, 2.45) is 34.8 Å². The van der Waals surface area contributed by atoms with Crippen LogP contribution in [0.5, 0.6) is 0 Å². The van der Waals surface area contributed by atoms with E-state index in [1.54, 1.807) is 9.80 Å². The van der Waals surface area contributed by atoms with Crippen molar-refractivity contribution in [1.29, 1.82) is 0 Å². The lowest BCUT2D eigenvalue weighted by Crippen LogP contribution is -2.54. The van der Waals surface area contributed by atoms with Gasteiger partial charge in [0.2, 0.25) is 65.0 Å². The summed E-state index contributed by atoms with van der Waals surface area (Å²) in [5.74, 6) is -5.36. The average Bonchev–Trinajstić information content (AvgIpc) is 0.852. The van der Waals surface area contributed by atoms with E-state index in [4.69, 9.17) is 22.9 Å². The third-order valence-corrected chi connectivity index (χ3v) is 24.1. The number of nitrogens with zero attached hydrogens (tertiary/aromatic N) is 10. The molecule has 2 unspecified atom stereocenters. The molecule has 0 bridgehead atoms. The molecule has 0 heterocycles. The molecule has 26 heteroatoms. The van der Waals surface area contributed by atoms with Gasteiger partial charge >= 0.3 is 0 Å². The van der Waals surface area contributed by atoms with Crippen molar-refractivity contribution < 1.29 is 52.7 Å². The summed E-state index contributed by atoms with van der Waals surface area (Å²) in [5.41, 5.74) is 27.4. The third-order valence-electron chi connectivity index (χ3n) is 24.1. The molecule has 4 rings (SSSR count). The molecule has 0 aliphatic heterocycles. The lowest BCUT2D eigenvalue weighted by atomic mass is 9.98. The minimum atomic E-state index is -0.645. The Labute approximate surface area is 763 Å². The van der Waals surface area contributed by atoms with Gasteiger partial charge in [-0.25, -0.2) is 0 Å². The molecule has 0 radical (unpaired) electrons. The fourth-order valence-corrected chi connectivity index (χ4v) is 15.9. The summed E-state index contributed by atoms with van der Waals surface area (Å²) < 4.78 is 0. The zero-order valence-corrected chi connectivity index (χ0v) is 79.0. The highest BCUT2D eigenvalue weighted by atomic mass is 16.2. The summed E-state index contributed by atoms with van der Waals surface area (Å²) in [6.45, 7) is 11.1. The molecule has 2 atom stereocenters. The normalized spacial score (nSPS) is 11.6. The molecule has 0 saturated carbocycles. The maximum atomic E-state index is 15.7. The Hall–Kier alpha value is -9.11. The van der Waals surface area contributed by atoms with E-state index in [0.717, 1.165) is 189 Å². The number of hydrogen-bond donors (Lipinski definition) is 5. The van der Waals surface area contributed by atoms with Crippen molar-refractivity contribution in [3.63, 3.8) is 0 Å². The minimum Gasteiger partial charge on any atom is -0.368 e. The van der Waals surface area contributed by atoms with Crippen molar-refractivity contribution in [2.45, 2.75) is 253 Å². The van der Waals surface area contributed by atoms with Crippen molar-refractivity contribution in [3.05, 3.63) is 144 Å². The molecule has 0 saturated heterocycles. The quantitative estimate of drug-likeness (QED) is 0.0257. The fraction of sp³-hybridized carbons (Fsp3) is 0.653. The first-order valence-electron chi connectivity index (χ1n) is 48.7. The van der Waals surface area contributed by atoms with Gasteiger partial charge in [0, 0.05) is 78.5 Å². The Morgan fingerprint density at radius 3 is 0.787 bits per heavy atom. The summed E-state index contributed by atoms with van der Waals surface area (Å²) in [5, 5.41) is 3.22. The minimum absolute atomic E-state index is 0.00396. The van der Waals surface area contributed by atoms with Gasteiger partial charge in [-0.3, -0.25) is 52.7 Å². The topological polar surface area (TPSA) is 336 Å². The number of amides is 11. The third kappa shape index (κ3) is 48.2. The van der Waals surface area contributed by atoms with Crippen LogP contribution in [0.2, 0.25) is 0 Å². The second-order valence-corrected chi connectivity index (χ2v) is 34.6. The number of nitrogens with two attached hydrogens (primary N) is 4. The smallest absolute Gasteiger partial charge is 0.242 e. The van der Waals surface area contributed by atoms with E-state index in [1.807, 2.05) is 121 Å². The van der Waals surface area contributed by atoms with E-state index in [1.165, 1.54) is 45.6 Å². The van der Waals surface area contributed by atoms with Gasteiger partial charge in [0.15, 0.2) is 0 Å². The maximum absolute atomic E-state index is 15.7. The van der Waals surface area contributed by atoms with E-state index < -0.39 is 92.4 Å². The summed E-state index contributed by atoms with van der Waals surface area (Å²) in [6.07, 6.45) is 29.0. The van der Waals surface area contributed by atoms with E-state index in [0.29, 0.717) is 58.2 Å². The SMILES string of the molecule is CCCCCCCCCCN(CC(=O)N(CC(=O)N(CCCCCCCCCC)CC(=O)N(CC(N)=O)CC(CC)CCCC)CC(CC)CCCC)C(=O)CN(CCc1ccccc1)C(=O)CN(CCc1ccccc1)C(=O)CN(CCN)C(=O)CN(CCc1ccccc1)C(=O)CN(CCc1ccccc1)C(=O)CN(CCN)C(=O)CNCCCCCCCN. The molecule has 11 amide bonds. The van der Waals surface area contributed by atoms with Crippen LogP contribution in [-0.2, 0) is 78.4 Å². The van der Waals surface area contributed by atoms with E-state index in [2.05, 4.69) is 46.9 Å². The van der Waals surface area contributed by atoms with E-state index in [9.17, 15) is 19.2 Å². The molecule has 710 valence electrons. The van der Waals surface area contributed by atoms with Crippen LogP contribution in [0.3, 0.4) is 0 Å². The maximum Gasteiger partial charge on any atom is 0.242 e. The first-order chi connectivity index (χ1) is 61.6. The summed E-state index contributed by atoms with van der Waals surface area (Å²) >= 11 is 0. The van der Waals surface area contributed by atoms with Gasteiger partial charge < -0.3 is 77.3 Å². The molecule has 9 N–H and O–H groups in total. The predicted molar refractivity (Wildman–Crippen MR) is 511 cm³/mol. The van der Waals surface area contributed by atoms with Crippen LogP contribution < -0.4 is 28.3 Å². The molecule has 0 fully saturated rings. The summed E-state index contributed by atoms with van der Waals surface area (Å²) in [7, 11) is 0. The zero-order valence-electron chi connectivity index (χ0n) is 79.0. The van der Waals surface area contributed by atoms with Crippen LogP contribution in [0.15, 0.2) is 121 Å². The molecule has 4 aromatic carbocycles. The molecule has 127 heavy (non-hydrogen) atoms. The number of carbonyl (C=O) groups excluding carboxylic acids is 11. The Kier molecular flexibility index (Phi) is 59.8. The number of carbonyl (C=O) groups is 11. The monoisotopic (exact) mass is 1760 g/mol. The largest absolute Gasteiger partial charge is 0.368 e. The van der Waals surface area contributed by atoms with Crippen molar-refractivity contribution in [1.82, 2.24) is 54.3 Å². The number of primary amides is 1. The van der Waals surface area contributed by atoms with Crippen molar-refractivity contribution >= 4 is 65.0 Å². The second-order valence-electron chi connectivity index (χ2n) is 34.6. The van der Waals surface area contributed by atoms with Crippen molar-refractivity contribution in [2.75, 3.05) is 164 Å². The lowest BCUT2D eigenvalue weighted by Gasteiger charge is -2.34. The zero-order chi connectivity index (χ0) is 92.4. The number of rotatable bonds is 75. The Morgan fingerprint density at radius 2 is 0.504 bits per heavy atom. The molecular formula is C101H165N15O11. The first-order valence-corrected chi connectivity index (χ1v) is 48.7. The summed E-state index contributed by atoms with van der Waals surface area (Å²) in [4.78, 5) is 179. The highest BCUT2D eigenvalue weighted by Crippen LogP contribution is 2.21. The molecule has 26 nitrogen and oxygen atoms in total. The lowest BCUT2D eigenvalue weighted by molar-refractivity contribution is -0.149. The number of benzene rings is 4. The second kappa shape index (κ2) is 69.0. The number of hydrogen-bond acceptors (Lipinski definition) is 15. The van der Waals surface area contributed by atoms with Crippen molar-refractivity contribution in [3.8, 4) is 0 Å². The Bertz CT molecular complexity index is 3680. The van der Waals surface area contributed by atoms with Crippen LogP contribution in [0, 0.1) is 11.8 Å². The van der Waals surface area contributed by atoms with Crippen LogP contribution in [0.1, 0.15) is 250 Å². The van der Waals surface area contributed by atoms with Gasteiger partial charge in [0.25, 0.3) is 0 Å². The molecule has 4 aromatic rings. The molecule has 0 aromatic heterocycles. The first kappa shape index (κ1) is 110. The number of unbranched alkanes of at least 4 members (excludes halogenated alkanes) is 20. The van der Waals surface area contributed by atoms with E-state index >= 15 is 33.6 Å². The van der Waals surface area contributed by atoms with Gasteiger partial charge in [-0.05, 0) is 111 Å². The predicted octanol–water partition coefficient (Wildman–Crippen LogP) is 11.9. The summed E-state index contributed by atoms with van der Waals surface area (Å²) in [6, 6.07) is 38.1. The molecule has 0 aliphatic rings. The van der Waals surface area contributed by atoms with Crippen LogP contribution >= 0.6 is 0 Å². The molecular weight excluding hydrogens is 1600 g/mol. The van der Waals surface area contributed by atoms with Crippen LogP contribution in [0.4, 0.5) is 0 Å². The standard InChI is InChI=1S/C101H165N15O11/c1-7-13-17-19-21-23-28-44-64-107(83-101(127)116(74-86(12-6)47-16-10-4)84-99(125)108(65-45-29-24-22-20-18-14-8-2)82-100(126)115(75-91(105)117)73-85(11-5)46-15-9-3)93(119)76-109(66-56-87-48-34-30-35-49-87)94(120)78-111(68-58-89-52-38-32-39-53-89)97(123)81-114(71-62-104)98(124)79-112(69-59-90-54-40-33-41-55-90)95(121)77-110(67-57-88-50-36-31-37-51-88)96(122)80-113(70-61-103)92(118)72-106-63-43-27-25-26-42-60-102/h30-41,48-55,85-86,106H,7-29,42-47,56-84,102-104H2,1-6H3,(H2,105,117). The Balaban J connectivity index is 1.78. The van der Waals surface area contributed by atoms with Crippen LogP contribution in [-0.4, -0.2) is 278 Å². The van der Waals surface area contributed by atoms with Gasteiger partial charge in [0.05, 0.1) is 72.0 Å². The Morgan fingerprint density at radius 1 is 0.260 bits per heavy atom. The van der Waals surface area contributed by atoms with Crippen LogP contribution in [0.25, 0.3) is 0 Å². The van der Waals surface area contributed by atoms with E-state index in [-0.39, 0.29) is 128 Å².